The van der Waals surface area contributed by atoms with Crippen molar-refractivity contribution in [1.29, 1.82) is 0 Å². The fourth-order valence-corrected chi connectivity index (χ4v) is 1.45. The molecule has 1 radical (unpaired) electrons. The van der Waals surface area contributed by atoms with Crippen LogP contribution in [0.1, 0.15) is 26.3 Å². The number of benzene rings is 1. The number of rotatable bonds is 0. The summed E-state index contributed by atoms with van der Waals surface area (Å²) in [6, 6.07) is 9.67. The molecule has 0 aliphatic heterocycles. The van der Waals surface area contributed by atoms with Crippen molar-refractivity contribution in [3.63, 3.8) is 0 Å². The van der Waals surface area contributed by atoms with Gasteiger partial charge in [0.15, 0.2) is 0 Å². The second kappa shape index (κ2) is 6.24. The number of fused-ring (bicyclic) bond motifs is 1. The zero-order valence-corrected chi connectivity index (χ0v) is 13.5. The van der Waals surface area contributed by atoms with Crippen LogP contribution in [0.4, 0.5) is 0 Å². The minimum atomic E-state index is -0.826. The van der Waals surface area contributed by atoms with Gasteiger partial charge in [-0.3, -0.25) is 0 Å². The topological polar surface area (TPSA) is 15.8 Å². The van der Waals surface area contributed by atoms with E-state index in [-0.39, 0.29) is 5.41 Å². The van der Waals surface area contributed by atoms with E-state index in [0.717, 1.165) is 5.52 Å². The maximum absolute atomic E-state index is 4.93. The molecule has 0 bridgehead atoms. The summed E-state index contributed by atoms with van der Waals surface area (Å²) in [7, 11) is 9.87. The molecule has 0 saturated carbocycles. The Bertz CT molecular complexity index is 445. The first-order valence-electron chi connectivity index (χ1n) is 4.94. The molecule has 0 aliphatic rings. The summed E-state index contributed by atoms with van der Waals surface area (Å²) < 4.78 is 0. The maximum atomic E-state index is 4.93. The summed E-state index contributed by atoms with van der Waals surface area (Å²) in [6.07, 6.45) is 1.86. The number of H-pyrrole nitrogens is 1. The Balaban J connectivity index is 0.000000386. The fraction of sp³-hybridized carbons (Fsp3) is 0.333. The van der Waals surface area contributed by atoms with Crippen molar-refractivity contribution in [2.24, 2.45) is 0 Å². The summed E-state index contributed by atoms with van der Waals surface area (Å²) in [5, 5.41) is 1.17. The van der Waals surface area contributed by atoms with Gasteiger partial charge in [0, 0.05) is 23.2 Å². The van der Waals surface area contributed by atoms with Gasteiger partial charge in [0.25, 0.3) is 0 Å². The number of halogens is 2. The van der Waals surface area contributed by atoms with Gasteiger partial charge in [0.05, 0.1) is 0 Å². The molecule has 1 heterocycles. The third kappa shape index (κ3) is 3.91. The normalized spacial score (nSPS) is 10.8. The van der Waals surface area contributed by atoms with Crippen LogP contribution >= 0.6 is 17.0 Å². The zero-order valence-electron chi connectivity index (χ0n) is 9.57. The van der Waals surface area contributed by atoms with Crippen LogP contribution in [0.2, 0.25) is 0 Å². The van der Waals surface area contributed by atoms with Crippen molar-refractivity contribution in [3.8, 4) is 0 Å². The number of hydrogen-bond acceptors (Lipinski definition) is 0. The van der Waals surface area contributed by atoms with Gasteiger partial charge in [-0.05, 0) is 23.1 Å². The van der Waals surface area contributed by atoms with Gasteiger partial charge in [-0.1, -0.05) is 26.8 Å². The molecule has 0 fully saturated rings. The first kappa shape index (κ1) is 14.3. The van der Waals surface area contributed by atoms with Crippen molar-refractivity contribution in [3.05, 3.63) is 36.0 Å². The van der Waals surface area contributed by atoms with Crippen LogP contribution in [0.25, 0.3) is 10.9 Å². The Labute approximate surface area is 115 Å². The molecule has 1 N–H and O–H groups in total. The van der Waals surface area contributed by atoms with Crippen molar-refractivity contribution in [1.82, 2.24) is 4.98 Å². The summed E-state index contributed by atoms with van der Waals surface area (Å²) >= 11 is -0.826. The zero-order chi connectivity index (χ0) is 12.2. The third-order valence-corrected chi connectivity index (χ3v) is 2.34. The molecule has 0 atom stereocenters. The van der Waals surface area contributed by atoms with Crippen LogP contribution in [0.15, 0.2) is 24.4 Å². The molecule has 1 aromatic heterocycles. The van der Waals surface area contributed by atoms with Crippen LogP contribution < -0.4 is 0 Å². The molecule has 4 heteroatoms. The van der Waals surface area contributed by atoms with Crippen molar-refractivity contribution in [2.75, 3.05) is 0 Å². The molecule has 85 valence electrons. The van der Waals surface area contributed by atoms with Gasteiger partial charge in [0.2, 0.25) is 0 Å². The first-order chi connectivity index (χ1) is 7.49. The van der Waals surface area contributed by atoms with Crippen LogP contribution in [0.5, 0.6) is 0 Å². The van der Waals surface area contributed by atoms with Crippen molar-refractivity contribution in [2.45, 2.75) is 26.2 Å². The Hall–Kier alpha value is 0.223. The molecule has 1 nitrogen and oxygen atoms in total. The van der Waals surface area contributed by atoms with E-state index in [1.165, 1.54) is 10.9 Å². The number of aromatic amines is 1. The molecule has 2 rings (SSSR count). The second-order valence-electron chi connectivity index (χ2n) is 4.51. The van der Waals surface area contributed by atoms with Gasteiger partial charge in [-0.25, -0.2) is 0 Å². The van der Waals surface area contributed by atoms with Gasteiger partial charge in [-0.2, -0.15) is 0 Å². The van der Waals surface area contributed by atoms with Gasteiger partial charge in [-0.15, -0.1) is 0 Å². The number of nitrogens with one attached hydrogen (secondary N) is 1. The molecular weight excluding hydrogens is 320 g/mol. The van der Waals surface area contributed by atoms with Gasteiger partial charge < -0.3 is 4.98 Å². The van der Waals surface area contributed by atoms with Gasteiger partial charge >= 0.3 is 37.9 Å². The van der Waals surface area contributed by atoms with Gasteiger partial charge in [0.1, 0.15) is 0 Å². The molecule has 0 spiro atoms. The molecule has 0 amide bonds. The number of hydrogen-bond donors (Lipinski definition) is 1. The average Bonchev–Trinajstić information content (AvgIpc) is 2.63. The Morgan fingerprint density at radius 2 is 1.88 bits per heavy atom. The molecule has 1 aromatic carbocycles. The molecule has 0 unspecified atom stereocenters. The van der Waals surface area contributed by atoms with Crippen LogP contribution in [0, 0.1) is 6.07 Å². The summed E-state index contributed by atoms with van der Waals surface area (Å²) in [6.45, 7) is 6.67. The van der Waals surface area contributed by atoms with E-state index in [2.05, 4.69) is 50.0 Å². The molecule has 2 aromatic rings. The third-order valence-electron chi connectivity index (χ3n) is 2.34. The van der Waals surface area contributed by atoms with Crippen molar-refractivity contribution >= 4 is 27.9 Å². The van der Waals surface area contributed by atoms with Crippen molar-refractivity contribution < 1.29 is 20.8 Å². The minimum absolute atomic E-state index is 0.222. The standard InChI is InChI=1S/C12H14N.2ClH.Zr/c1-12(2,3)10-4-5-11-9(8-10)6-7-13-11;;;/h4-5,7-8,13H,1-3H3;2*1H;/q;;;+2/p-2. The molecule has 16 heavy (non-hydrogen) atoms. The monoisotopic (exact) mass is 332 g/mol. The summed E-state index contributed by atoms with van der Waals surface area (Å²) in [5.74, 6) is 0. The van der Waals surface area contributed by atoms with E-state index in [4.69, 9.17) is 17.0 Å². The predicted octanol–water partition coefficient (Wildman–Crippen LogP) is 4.64. The Morgan fingerprint density at radius 3 is 2.44 bits per heavy atom. The van der Waals surface area contributed by atoms with Crippen LogP contribution in [-0.2, 0) is 26.3 Å². The van der Waals surface area contributed by atoms with E-state index in [9.17, 15) is 0 Å². The summed E-state index contributed by atoms with van der Waals surface area (Å²) in [5.41, 5.74) is 2.74. The van der Waals surface area contributed by atoms with E-state index >= 15 is 0 Å². The van der Waals surface area contributed by atoms with E-state index < -0.39 is 20.8 Å². The molecule has 0 saturated heterocycles. The SMILES string of the molecule is CC(C)(C)c1ccc2[nH]c[c]c2c1.[Cl][Zr][Cl]. The van der Waals surface area contributed by atoms with E-state index in [1.54, 1.807) is 0 Å². The Morgan fingerprint density at radius 1 is 1.25 bits per heavy atom. The summed E-state index contributed by atoms with van der Waals surface area (Å²) in [4.78, 5) is 3.14. The number of aromatic nitrogens is 1. The average molecular weight is 334 g/mol. The predicted molar refractivity (Wildman–Crippen MR) is 67.5 cm³/mol. The second-order valence-corrected chi connectivity index (χ2v) is 8.25. The Kier molecular flexibility index (Phi) is 5.57. The first-order valence-corrected chi connectivity index (χ1v) is 11.3. The van der Waals surface area contributed by atoms with E-state index in [1.807, 2.05) is 6.20 Å². The molecule has 0 aliphatic carbocycles. The van der Waals surface area contributed by atoms with Crippen LogP contribution in [0.3, 0.4) is 0 Å². The quantitative estimate of drug-likeness (QED) is 0.722. The molecular formula is C12H14Cl2NZr. The van der Waals surface area contributed by atoms with Crippen LogP contribution in [-0.4, -0.2) is 4.98 Å². The fourth-order valence-electron chi connectivity index (χ4n) is 1.45. The van der Waals surface area contributed by atoms with E-state index in [0.29, 0.717) is 0 Å².